The van der Waals surface area contributed by atoms with Crippen LogP contribution in [0.2, 0.25) is 0 Å². The molecular weight excluding hydrogens is 144 g/mol. The van der Waals surface area contributed by atoms with Crippen LogP contribution in [0.4, 0.5) is 0 Å². The molecule has 0 bridgehead atoms. The molecule has 0 spiro atoms. The van der Waals surface area contributed by atoms with Gasteiger partial charge in [-0.15, -0.1) is 11.6 Å². The maximum absolute atomic E-state index is 6.18. The number of halogens is 1. The molecule has 0 amide bonds. The van der Waals surface area contributed by atoms with Gasteiger partial charge in [0.15, 0.2) is 0 Å². The fourth-order valence-corrected chi connectivity index (χ4v) is 2.68. The van der Waals surface area contributed by atoms with Crippen LogP contribution >= 0.6 is 11.6 Å². The molecule has 0 heterocycles. The van der Waals surface area contributed by atoms with Crippen LogP contribution < -0.4 is 0 Å². The zero-order chi connectivity index (χ0) is 8.15. The SMILES string of the molecule is CC(C)C1(C)C(Cl)C1(C)C. The smallest absolute Gasteiger partial charge is 0.0454 e. The molecule has 2 atom stereocenters. The Morgan fingerprint density at radius 2 is 1.50 bits per heavy atom. The van der Waals surface area contributed by atoms with Gasteiger partial charge in [0.2, 0.25) is 0 Å². The third-order valence-electron chi connectivity index (χ3n) is 3.66. The van der Waals surface area contributed by atoms with Crippen molar-refractivity contribution in [3.8, 4) is 0 Å². The van der Waals surface area contributed by atoms with Crippen molar-refractivity contribution >= 4 is 11.6 Å². The molecule has 0 aromatic carbocycles. The molecule has 1 aliphatic rings. The van der Waals surface area contributed by atoms with Crippen molar-refractivity contribution in [2.45, 2.75) is 40.0 Å². The zero-order valence-corrected chi connectivity index (χ0v) is 8.29. The van der Waals surface area contributed by atoms with Crippen molar-refractivity contribution in [2.75, 3.05) is 0 Å². The van der Waals surface area contributed by atoms with Gasteiger partial charge in [-0.3, -0.25) is 0 Å². The molecule has 0 saturated heterocycles. The molecule has 0 aliphatic heterocycles. The predicted molar refractivity (Wildman–Crippen MR) is 46.4 cm³/mol. The van der Waals surface area contributed by atoms with E-state index in [4.69, 9.17) is 11.6 Å². The number of hydrogen-bond donors (Lipinski definition) is 0. The highest BCUT2D eigenvalue weighted by atomic mass is 35.5. The first-order valence-electron chi connectivity index (χ1n) is 3.99. The fourth-order valence-electron chi connectivity index (χ4n) is 1.98. The van der Waals surface area contributed by atoms with E-state index in [0.29, 0.717) is 22.1 Å². The van der Waals surface area contributed by atoms with Crippen molar-refractivity contribution in [3.05, 3.63) is 0 Å². The molecule has 0 aromatic rings. The summed E-state index contributed by atoms with van der Waals surface area (Å²) in [6, 6.07) is 0. The molecule has 1 saturated carbocycles. The van der Waals surface area contributed by atoms with Gasteiger partial charge in [0.25, 0.3) is 0 Å². The summed E-state index contributed by atoms with van der Waals surface area (Å²) in [5.41, 5.74) is 0.720. The van der Waals surface area contributed by atoms with Crippen molar-refractivity contribution in [2.24, 2.45) is 16.7 Å². The normalized spacial score (nSPS) is 44.1. The number of hydrogen-bond acceptors (Lipinski definition) is 0. The molecule has 0 aromatic heterocycles. The van der Waals surface area contributed by atoms with Crippen LogP contribution in [0.25, 0.3) is 0 Å². The molecule has 10 heavy (non-hydrogen) atoms. The van der Waals surface area contributed by atoms with Gasteiger partial charge < -0.3 is 0 Å². The van der Waals surface area contributed by atoms with Gasteiger partial charge in [0.05, 0.1) is 0 Å². The van der Waals surface area contributed by atoms with E-state index in [1.807, 2.05) is 0 Å². The van der Waals surface area contributed by atoms with Crippen LogP contribution in [0.15, 0.2) is 0 Å². The van der Waals surface area contributed by atoms with E-state index >= 15 is 0 Å². The predicted octanol–water partition coefficient (Wildman–Crippen LogP) is 3.30. The fraction of sp³-hybridized carbons (Fsp3) is 1.00. The maximum atomic E-state index is 6.18. The highest BCUT2D eigenvalue weighted by Crippen LogP contribution is 2.69. The van der Waals surface area contributed by atoms with Gasteiger partial charge in [0.1, 0.15) is 0 Å². The van der Waals surface area contributed by atoms with Crippen molar-refractivity contribution < 1.29 is 0 Å². The maximum Gasteiger partial charge on any atom is 0.0454 e. The zero-order valence-electron chi connectivity index (χ0n) is 7.53. The van der Waals surface area contributed by atoms with Crippen LogP contribution in [-0.2, 0) is 0 Å². The average Bonchev–Trinajstić information content (AvgIpc) is 2.16. The molecule has 0 nitrogen and oxygen atoms in total. The highest BCUT2D eigenvalue weighted by molar-refractivity contribution is 6.24. The lowest BCUT2D eigenvalue weighted by Gasteiger charge is -2.17. The Kier molecular flexibility index (Phi) is 1.60. The molecule has 2 unspecified atom stereocenters. The molecular formula is C9H17Cl. The molecule has 0 radical (unpaired) electrons. The van der Waals surface area contributed by atoms with Crippen molar-refractivity contribution in [1.82, 2.24) is 0 Å². The van der Waals surface area contributed by atoms with E-state index in [9.17, 15) is 0 Å². The summed E-state index contributed by atoms with van der Waals surface area (Å²) >= 11 is 6.18. The summed E-state index contributed by atoms with van der Waals surface area (Å²) in [5, 5.41) is 0.375. The highest BCUT2D eigenvalue weighted by Gasteiger charge is 2.68. The van der Waals surface area contributed by atoms with Crippen LogP contribution in [-0.4, -0.2) is 5.38 Å². The van der Waals surface area contributed by atoms with Crippen LogP contribution in [0.1, 0.15) is 34.6 Å². The van der Waals surface area contributed by atoms with Gasteiger partial charge in [-0.05, 0) is 16.7 Å². The third-order valence-corrected chi connectivity index (χ3v) is 4.66. The monoisotopic (exact) mass is 160 g/mol. The molecule has 60 valence electrons. The first-order valence-corrected chi connectivity index (χ1v) is 4.43. The molecule has 1 rings (SSSR count). The van der Waals surface area contributed by atoms with Gasteiger partial charge in [0, 0.05) is 5.38 Å². The van der Waals surface area contributed by atoms with E-state index < -0.39 is 0 Å². The average molecular weight is 161 g/mol. The Morgan fingerprint density at radius 1 is 1.20 bits per heavy atom. The Balaban J connectivity index is 2.78. The molecule has 0 N–H and O–H groups in total. The van der Waals surface area contributed by atoms with E-state index in [-0.39, 0.29) is 0 Å². The summed E-state index contributed by atoms with van der Waals surface area (Å²) in [5.74, 6) is 0.699. The van der Waals surface area contributed by atoms with Crippen molar-refractivity contribution in [3.63, 3.8) is 0 Å². The van der Waals surface area contributed by atoms with Crippen molar-refractivity contribution in [1.29, 1.82) is 0 Å². The Labute approximate surface area is 69.0 Å². The minimum absolute atomic E-state index is 0.350. The second-order valence-electron chi connectivity index (χ2n) is 4.52. The first-order chi connectivity index (χ1) is 4.35. The second-order valence-corrected chi connectivity index (χ2v) is 4.96. The number of rotatable bonds is 1. The summed E-state index contributed by atoms with van der Waals surface area (Å²) in [7, 11) is 0. The molecule has 1 fully saturated rings. The Bertz CT molecular complexity index is 149. The summed E-state index contributed by atoms with van der Waals surface area (Å²) in [4.78, 5) is 0. The van der Waals surface area contributed by atoms with E-state index in [0.717, 1.165) is 0 Å². The Hall–Kier alpha value is 0.290. The van der Waals surface area contributed by atoms with Gasteiger partial charge >= 0.3 is 0 Å². The van der Waals surface area contributed by atoms with Gasteiger partial charge in [-0.1, -0.05) is 34.6 Å². The summed E-state index contributed by atoms with van der Waals surface area (Å²) < 4.78 is 0. The Morgan fingerprint density at radius 3 is 1.50 bits per heavy atom. The summed E-state index contributed by atoms with van der Waals surface area (Å²) in [6.07, 6.45) is 0. The largest absolute Gasteiger partial charge is 0.122 e. The lowest BCUT2D eigenvalue weighted by atomic mass is 9.87. The molecule has 1 aliphatic carbocycles. The minimum atomic E-state index is 0.350. The van der Waals surface area contributed by atoms with Gasteiger partial charge in [-0.25, -0.2) is 0 Å². The van der Waals surface area contributed by atoms with E-state index in [2.05, 4.69) is 34.6 Å². The van der Waals surface area contributed by atoms with Crippen LogP contribution in [0, 0.1) is 16.7 Å². The van der Waals surface area contributed by atoms with Crippen LogP contribution in [0.3, 0.4) is 0 Å². The second kappa shape index (κ2) is 1.91. The summed E-state index contributed by atoms with van der Waals surface area (Å²) in [6.45, 7) is 11.3. The lowest BCUT2D eigenvalue weighted by molar-refractivity contribution is 0.309. The number of alkyl halides is 1. The van der Waals surface area contributed by atoms with Crippen LogP contribution in [0.5, 0.6) is 0 Å². The van der Waals surface area contributed by atoms with E-state index in [1.165, 1.54) is 0 Å². The minimum Gasteiger partial charge on any atom is -0.122 e. The third kappa shape index (κ3) is 0.689. The van der Waals surface area contributed by atoms with E-state index in [1.54, 1.807) is 0 Å². The lowest BCUT2D eigenvalue weighted by Crippen LogP contribution is -2.11. The quantitative estimate of drug-likeness (QED) is 0.517. The first kappa shape index (κ1) is 8.39. The standard InChI is InChI=1S/C9H17Cl/c1-6(2)9(5)7(10)8(9,3)4/h6-7H,1-5H3. The molecule has 1 heteroatoms. The van der Waals surface area contributed by atoms with Gasteiger partial charge in [-0.2, -0.15) is 0 Å². The topological polar surface area (TPSA) is 0 Å².